The van der Waals surface area contributed by atoms with Crippen molar-refractivity contribution >= 4 is 17.7 Å². The van der Waals surface area contributed by atoms with Crippen molar-refractivity contribution in [3.05, 3.63) is 34.9 Å². The number of amides is 3. The molecule has 0 radical (unpaired) electrons. The van der Waals surface area contributed by atoms with Gasteiger partial charge in [0.15, 0.2) is 5.79 Å². The Morgan fingerprint density at radius 2 is 1.74 bits per heavy atom. The molecule has 1 aromatic rings. The quantitative estimate of drug-likeness (QED) is 0.756. The summed E-state index contributed by atoms with van der Waals surface area (Å²) >= 11 is 0. The molecule has 1 aromatic carbocycles. The van der Waals surface area contributed by atoms with Crippen LogP contribution in [0.1, 0.15) is 63.7 Å². The van der Waals surface area contributed by atoms with E-state index in [0.717, 1.165) is 12.8 Å². The van der Waals surface area contributed by atoms with Crippen LogP contribution in [0.4, 0.5) is 0 Å². The minimum absolute atomic E-state index is 0.127. The molecule has 4 rings (SSSR count). The molecule has 27 heavy (non-hydrogen) atoms. The van der Waals surface area contributed by atoms with Crippen molar-refractivity contribution in [3.8, 4) is 0 Å². The van der Waals surface area contributed by atoms with Gasteiger partial charge in [0.2, 0.25) is 0 Å². The van der Waals surface area contributed by atoms with Gasteiger partial charge in [-0.3, -0.25) is 19.3 Å². The number of nitrogens with zero attached hydrogens (tertiary/aromatic N) is 2. The van der Waals surface area contributed by atoms with Crippen LogP contribution in [0.5, 0.6) is 0 Å². The van der Waals surface area contributed by atoms with Crippen LogP contribution in [0.25, 0.3) is 0 Å². The molecule has 3 aliphatic rings. The summed E-state index contributed by atoms with van der Waals surface area (Å²) < 4.78 is 11.4. The SMILES string of the molecule is CCCCN1C(=O)c2ccc(C(=O)N3CCC4(CC3)OCCO4)cc2C1=O. The maximum atomic E-state index is 12.9. The highest BCUT2D eigenvalue weighted by Gasteiger charge is 2.41. The number of ether oxygens (including phenoxy) is 2. The van der Waals surface area contributed by atoms with Gasteiger partial charge in [-0.05, 0) is 24.6 Å². The Kier molecular flexibility index (Phi) is 4.74. The molecule has 0 aliphatic carbocycles. The average Bonchev–Trinajstić information content (AvgIpc) is 3.24. The summed E-state index contributed by atoms with van der Waals surface area (Å²) in [5, 5.41) is 0. The molecule has 3 amide bonds. The molecule has 7 heteroatoms. The highest BCUT2D eigenvalue weighted by Crippen LogP contribution is 2.32. The number of imide groups is 1. The number of benzene rings is 1. The van der Waals surface area contributed by atoms with E-state index in [2.05, 4.69) is 0 Å². The number of carbonyl (C=O) groups excluding carboxylic acids is 3. The minimum Gasteiger partial charge on any atom is -0.347 e. The molecule has 144 valence electrons. The Labute approximate surface area is 158 Å². The normalized spacial score (nSPS) is 21.2. The Morgan fingerprint density at radius 1 is 1.07 bits per heavy atom. The van der Waals surface area contributed by atoms with Gasteiger partial charge in [0.05, 0.1) is 24.3 Å². The number of carbonyl (C=O) groups is 3. The molecular formula is C20H24N2O5. The zero-order chi connectivity index (χ0) is 19.0. The number of piperidine rings is 1. The van der Waals surface area contributed by atoms with Crippen molar-refractivity contribution in [2.24, 2.45) is 0 Å². The van der Waals surface area contributed by atoms with Gasteiger partial charge in [-0.2, -0.15) is 0 Å². The first-order valence-corrected chi connectivity index (χ1v) is 9.62. The number of fused-ring (bicyclic) bond motifs is 1. The third-order valence-electron chi connectivity index (χ3n) is 5.58. The smallest absolute Gasteiger partial charge is 0.261 e. The third kappa shape index (κ3) is 3.15. The first-order valence-electron chi connectivity index (χ1n) is 9.62. The fraction of sp³-hybridized carbons (Fsp3) is 0.550. The highest BCUT2D eigenvalue weighted by atomic mass is 16.7. The van der Waals surface area contributed by atoms with Crippen molar-refractivity contribution in [2.45, 2.75) is 38.4 Å². The van der Waals surface area contributed by atoms with Gasteiger partial charge in [-0.1, -0.05) is 13.3 Å². The predicted octanol–water partition coefficient (Wildman–Crippen LogP) is 2.06. The van der Waals surface area contributed by atoms with Gasteiger partial charge < -0.3 is 14.4 Å². The summed E-state index contributed by atoms with van der Waals surface area (Å²) in [5.74, 6) is -1.23. The summed E-state index contributed by atoms with van der Waals surface area (Å²) in [7, 11) is 0. The van der Waals surface area contributed by atoms with Crippen molar-refractivity contribution < 1.29 is 23.9 Å². The first kappa shape index (κ1) is 18.1. The average molecular weight is 372 g/mol. The number of unbranched alkanes of at least 4 members (excludes halogenated alkanes) is 1. The molecule has 0 saturated carbocycles. The van der Waals surface area contributed by atoms with Crippen LogP contribution in [0.15, 0.2) is 18.2 Å². The zero-order valence-corrected chi connectivity index (χ0v) is 15.5. The van der Waals surface area contributed by atoms with Crippen LogP contribution in [-0.4, -0.2) is 66.2 Å². The molecule has 7 nitrogen and oxygen atoms in total. The maximum Gasteiger partial charge on any atom is 0.261 e. The molecule has 0 bridgehead atoms. The lowest BCUT2D eigenvalue weighted by atomic mass is 10.0. The first-order chi connectivity index (χ1) is 13.0. The fourth-order valence-electron chi connectivity index (χ4n) is 3.96. The molecule has 0 atom stereocenters. The molecule has 2 fully saturated rings. The molecule has 0 unspecified atom stereocenters. The lowest BCUT2D eigenvalue weighted by Crippen LogP contribution is -2.47. The van der Waals surface area contributed by atoms with Crippen LogP contribution >= 0.6 is 0 Å². The van der Waals surface area contributed by atoms with E-state index < -0.39 is 5.79 Å². The van der Waals surface area contributed by atoms with E-state index in [1.54, 1.807) is 23.1 Å². The molecular weight excluding hydrogens is 348 g/mol. The van der Waals surface area contributed by atoms with Crippen LogP contribution in [-0.2, 0) is 9.47 Å². The third-order valence-corrected chi connectivity index (χ3v) is 5.58. The minimum atomic E-state index is -0.531. The Hall–Kier alpha value is -2.25. The Balaban J connectivity index is 1.48. The van der Waals surface area contributed by atoms with Gasteiger partial charge in [-0.25, -0.2) is 0 Å². The van der Waals surface area contributed by atoms with E-state index in [1.807, 2.05) is 6.92 Å². The Morgan fingerprint density at radius 3 is 2.41 bits per heavy atom. The second-order valence-corrected chi connectivity index (χ2v) is 7.28. The van der Waals surface area contributed by atoms with Crippen LogP contribution in [0, 0.1) is 0 Å². The van der Waals surface area contributed by atoms with E-state index in [0.29, 0.717) is 62.4 Å². The molecule has 3 aliphatic heterocycles. The van der Waals surface area contributed by atoms with Crippen LogP contribution < -0.4 is 0 Å². The van der Waals surface area contributed by atoms with E-state index in [-0.39, 0.29) is 17.7 Å². The van der Waals surface area contributed by atoms with Gasteiger partial charge in [-0.15, -0.1) is 0 Å². The van der Waals surface area contributed by atoms with Crippen LogP contribution in [0.2, 0.25) is 0 Å². The van der Waals surface area contributed by atoms with Crippen molar-refractivity contribution in [1.82, 2.24) is 9.80 Å². The second-order valence-electron chi connectivity index (χ2n) is 7.28. The molecule has 3 heterocycles. The molecule has 0 aromatic heterocycles. The van der Waals surface area contributed by atoms with E-state index in [4.69, 9.17) is 9.47 Å². The number of hydrogen-bond donors (Lipinski definition) is 0. The number of hydrogen-bond acceptors (Lipinski definition) is 5. The summed E-state index contributed by atoms with van der Waals surface area (Å²) in [6.45, 7) is 4.73. The summed E-state index contributed by atoms with van der Waals surface area (Å²) in [5.41, 5.74) is 1.16. The maximum absolute atomic E-state index is 12.9. The lowest BCUT2D eigenvalue weighted by Gasteiger charge is -2.37. The van der Waals surface area contributed by atoms with E-state index >= 15 is 0 Å². The molecule has 2 saturated heterocycles. The largest absolute Gasteiger partial charge is 0.347 e. The van der Waals surface area contributed by atoms with Crippen LogP contribution in [0.3, 0.4) is 0 Å². The summed E-state index contributed by atoms with van der Waals surface area (Å²) in [4.78, 5) is 40.9. The van der Waals surface area contributed by atoms with Crippen molar-refractivity contribution in [1.29, 1.82) is 0 Å². The Bertz CT molecular complexity index is 775. The second kappa shape index (κ2) is 7.05. The lowest BCUT2D eigenvalue weighted by molar-refractivity contribution is -0.181. The predicted molar refractivity (Wildman–Crippen MR) is 96.5 cm³/mol. The standard InChI is InChI=1S/C20H24N2O5/c1-2-3-8-22-18(24)15-5-4-14(13-16(15)19(22)25)17(23)21-9-6-20(7-10-21)26-11-12-27-20/h4-5,13H,2-3,6-12H2,1H3. The highest BCUT2D eigenvalue weighted by molar-refractivity contribution is 6.22. The summed E-state index contributed by atoms with van der Waals surface area (Å²) in [6, 6.07) is 4.81. The molecule has 1 spiro atoms. The van der Waals surface area contributed by atoms with Gasteiger partial charge >= 0.3 is 0 Å². The van der Waals surface area contributed by atoms with Crippen molar-refractivity contribution in [3.63, 3.8) is 0 Å². The van der Waals surface area contributed by atoms with Gasteiger partial charge in [0.1, 0.15) is 0 Å². The van der Waals surface area contributed by atoms with E-state index in [9.17, 15) is 14.4 Å². The topological polar surface area (TPSA) is 76.2 Å². The number of rotatable bonds is 4. The van der Waals surface area contributed by atoms with E-state index in [1.165, 1.54) is 4.90 Å². The van der Waals surface area contributed by atoms with Gasteiger partial charge in [0.25, 0.3) is 17.7 Å². The number of likely N-dealkylation sites (tertiary alicyclic amines) is 1. The summed E-state index contributed by atoms with van der Waals surface area (Å²) in [6.07, 6.45) is 2.97. The van der Waals surface area contributed by atoms with Crippen molar-refractivity contribution in [2.75, 3.05) is 32.8 Å². The monoisotopic (exact) mass is 372 g/mol. The zero-order valence-electron chi connectivity index (χ0n) is 15.5. The fourth-order valence-corrected chi connectivity index (χ4v) is 3.96. The van der Waals surface area contributed by atoms with Gasteiger partial charge in [0, 0.05) is 38.0 Å². The molecule has 0 N–H and O–H groups in total.